The number of benzene rings is 2. The number of ketones is 2. The Kier molecular flexibility index (Phi) is 5.93. The number of hydrogen-bond acceptors (Lipinski definition) is 6. The molecule has 2 aliphatic rings. The fourth-order valence-corrected chi connectivity index (χ4v) is 5.62. The van der Waals surface area contributed by atoms with Crippen LogP contribution in [0.1, 0.15) is 84.9 Å². The zero-order chi connectivity index (χ0) is 24.8. The lowest BCUT2D eigenvalue weighted by molar-refractivity contribution is 0.0116. The van der Waals surface area contributed by atoms with Gasteiger partial charge >= 0.3 is 0 Å². The Morgan fingerprint density at radius 1 is 0.629 bits per heavy atom. The summed E-state index contributed by atoms with van der Waals surface area (Å²) in [6.07, 6.45) is 6.49. The molecule has 0 radical (unpaired) electrons. The van der Waals surface area contributed by atoms with E-state index in [1.807, 2.05) is 0 Å². The normalized spacial score (nSPS) is 19.5. The number of Topliss-reactive ketones (excluding diaryl/α,β-unsaturated/α-hetero) is 2. The second-order valence-electron chi connectivity index (χ2n) is 10.1. The smallest absolute Gasteiger partial charge is 0.235 e. The average Bonchev–Trinajstić information content (AvgIpc) is 2.98. The van der Waals surface area contributed by atoms with Crippen molar-refractivity contribution in [3.63, 3.8) is 0 Å². The molecule has 0 unspecified atom stereocenters. The lowest BCUT2D eigenvalue weighted by Crippen LogP contribution is -2.40. The number of fused-ring (bicyclic) bond motifs is 2. The average molecular weight is 476 g/mol. The summed E-state index contributed by atoms with van der Waals surface area (Å²) in [5.74, 6) is -0.869. The van der Waals surface area contributed by atoms with Gasteiger partial charge in [0.05, 0.1) is 10.8 Å². The maximum absolute atomic E-state index is 13.2. The molecule has 5 rings (SSSR count). The van der Waals surface area contributed by atoms with E-state index in [0.717, 1.165) is 38.5 Å². The molecular weight excluding hydrogens is 446 g/mol. The molecule has 0 saturated heterocycles. The van der Waals surface area contributed by atoms with Crippen molar-refractivity contribution in [1.82, 2.24) is 4.98 Å². The number of rotatable bonds is 4. The van der Waals surface area contributed by atoms with E-state index in [9.17, 15) is 29.4 Å². The number of carbonyl (C=O) groups excluding carboxylic acids is 2. The van der Waals surface area contributed by atoms with Gasteiger partial charge in [0.2, 0.25) is 10.9 Å². The standard InChI is InChI=1S/C28H29NO6/c30-23-19-15-17(25(32)27(34)11-3-1-4-12-27)7-9-21(19)29-22-10-8-18(16-20(22)24(23)31)26(33)28(35)13-5-2-6-14-28/h7-10,15-16,29,34-35H,1-6,11-14H2. The highest BCUT2D eigenvalue weighted by molar-refractivity contribution is 6.06. The minimum atomic E-state index is -1.45. The second kappa shape index (κ2) is 8.81. The van der Waals surface area contributed by atoms with Gasteiger partial charge in [0.1, 0.15) is 11.2 Å². The van der Waals surface area contributed by atoms with Gasteiger partial charge in [-0.15, -0.1) is 0 Å². The van der Waals surface area contributed by atoms with Crippen molar-refractivity contribution in [2.45, 2.75) is 75.4 Å². The first-order chi connectivity index (χ1) is 16.7. The molecule has 1 heterocycles. The molecule has 0 atom stereocenters. The van der Waals surface area contributed by atoms with Crippen molar-refractivity contribution < 1.29 is 19.8 Å². The third-order valence-corrected chi connectivity index (χ3v) is 7.74. The van der Waals surface area contributed by atoms with Crippen LogP contribution in [0.3, 0.4) is 0 Å². The summed E-state index contributed by atoms with van der Waals surface area (Å²) in [5.41, 5.74) is -3.35. The van der Waals surface area contributed by atoms with Gasteiger partial charge in [0, 0.05) is 22.2 Å². The molecule has 0 bridgehead atoms. The molecule has 0 spiro atoms. The highest BCUT2D eigenvalue weighted by Crippen LogP contribution is 2.33. The summed E-state index contributed by atoms with van der Waals surface area (Å²) in [6, 6.07) is 9.00. The Bertz CT molecular complexity index is 1350. The van der Waals surface area contributed by atoms with Crippen LogP contribution in [0.25, 0.3) is 21.8 Å². The fourth-order valence-electron chi connectivity index (χ4n) is 5.62. The van der Waals surface area contributed by atoms with Crippen molar-refractivity contribution in [2.75, 3.05) is 0 Å². The first kappa shape index (κ1) is 23.6. The van der Waals surface area contributed by atoms with Crippen LogP contribution < -0.4 is 10.9 Å². The lowest BCUT2D eigenvalue weighted by atomic mass is 9.79. The molecule has 1 aromatic heterocycles. The predicted octanol–water partition coefficient (Wildman–Crippen LogP) is 3.80. The van der Waals surface area contributed by atoms with E-state index in [1.165, 1.54) is 12.1 Å². The van der Waals surface area contributed by atoms with Crippen LogP contribution in [-0.4, -0.2) is 38.0 Å². The summed E-state index contributed by atoms with van der Waals surface area (Å²) in [4.78, 5) is 55.6. The molecule has 0 aliphatic heterocycles. The topological polar surface area (TPSA) is 125 Å². The van der Waals surface area contributed by atoms with Crippen molar-refractivity contribution in [3.05, 3.63) is 68.0 Å². The van der Waals surface area contributed by atoms with Gasteiger partial charge in [-0.3, -0.25) is 19.2 Å². The first-order valence-corrected chi connectivity index (χ1v) is 12.4. The number of hydrogen-bond donors (Lipinski definition) is 3. The SMILES string of the molecule is O=C(c1ccc2[nH]c3ccc(C(=O)C4(O)CCCCC4)cc3c(=O)c(=O)c2c1)C1(O)CCCCC1. The Hall–Kier alpha value is -3.16. The van der Waals surface area contributed by atoms with E-state index >= 15 is 0 Å². The first-order valence-electron chi connectivity index (χ1n) is 12.4. The molecule has 2 aromatic carbocycles. The maximum atomic E-state index is 13.2. The Morgan fingerprint density at radius 2 is 1.00 bits per heavy atom. The number of H-pyrrole nitrogens is 1. The number of aromatic amines is 1. The van der Waals surface area contributed by atoms with Gasteiger partial charge in [-0.05, 0) is 62.1 Å². The summed E-state index contributed by atoms with van der Waals surface area (Å²) >= 11 is 0. The molecule has 182 valence electrons. The van der Waals surface area contributed by atoms with Crippen molar-refractivity contribution >= 4 is 33.4 Å². The second-order valence-corrected chi connectivity index (χ2v) is 10.1. The predicted molar refractivity (Wildman–Crippen MR) is 133 cm³/mol. The van der Waals surface area contributed by atoms with Crippen LogP contribution in [0.4, 0.5) is 0 Å². The van der Waals surface area contributed by atoms with E-state index in [1.54, 1.807) is 24.3 Å². The van der Waals surface area contributed by atoms with Crippen molar-refractivity contribution in [2.24, 2.45) is 0 Å². The van der Waals surface area contributed by atoms with Crippen LogP contribution in [0.2, 0.25) is 0 Å². The third kappa shape index (κ3) is 4.13. The van der Waals surface area contributed by atoms with Crippen molar-refractivity contribution in [3.8, 4) is 0 Å². The Balaban J connectivity index is 1.62. The van der Waals surface area contributed by atoms with Crippen LogP contribution in [0, 0.1) is 0 Å². The number of nitrogens with one attached hydrogen (secondary N) is 1. The van der Waals surface area contributed by atoms with Gasteiger partial charge in [-0.2, -0.15) is 0 Å². The van der Waals surface area contributed by atoms with Crippen LogP contribution in [0.5, 0.6) is 0 Å². The zero-order valence-corrected chi connectivity index (χ0v) is 19.6. The van der Waals surface area contributed by atoms with E-state index < -0.39 is 33.6 Å². The number of aromatic nitrogens is 1. The molecule has 0 amide bonds. The number of aliphatic hydroxyl groups is 2. The minimum absolute atomic E-state index is 0.0512. The summed E-state index contributed by atoms with van der Waals surface area (Å²) in [7, 11) is 0. The van der Waals surface area contributed by atoms with Gasteiger partial charge in [-0.25, -0.2) is 0 Å². The van der Waals surface area contributed by atoms with E-state index in [0.29, 0.717) is 36.7 Å². The molecule has 2 saturated carbocycles. The van der Waals surface area contributed by atoms with Gasteiger partial charge in [0.15, 0.2) is 11.6 Å². The zero-order valence-electron chi connectivity index (χ0n) is 19.6. The number of carbonyl (C=O) groups is 2. The van der Waals surface area contributed by atoms with E-state index in [4.69, 9.17) is 0 Å². The Labute approximate surface area is 201 Å². The fraction of sp³-hybridized carbons (Fsp3) is 0.429. The minimum Gasteiger partial charge on any atom is -0.382 e. The quantitative estimate of drug-likeness (QED) is 0.389. The maximum Gasteiger partial charge on any atom is 0.235 e. The van der Waals surface area contributed by atoms with Gasteiger partial charge in [0.25, 0.3) is 0 Å². The largest absolute Gasteiger partial charge is 0.382 e. The van der Waals surface area contributed by atoms with Crippen molar-refractivity contribution in [1.29, 1.82) is 0 Å². The molecular formula is C28H29NO6. The molecule has 35 heavy (non-hydrogen) atoms. The third-order valence-electron chi connectivity index (χ3n) is 7.74. The monoisotopic (exact) mass is 475 g/mol. The van der Waals surface area contributed by atoms with E-state index in [2.05, 4.69) is 4.98 Å². The highest BCUT2D eigenvalue weighted by Gasteiger charge is 2.38. The molecule has 2 aliphatic carbocycles. The highest BCUT2D eigenvalue weighted by atomic mass is 16.3. The molecule has 3 N–H and O–H groups in total. The lowest BCUT2D eigenvalue weighted by Gasteiger charge is -2.30. The summed E-state index contributed by atoms with van der Waals surface area (Å²) in [5, 5.41) is 21.8. The van der Waals surface area contributed by atoms with Gasteiger partial charge < -0.3 is 15.2 Å². The summed E-state index contributed by atoms with van der Waals surface area (Å²) in [6.45, 7) is 0. The Morgan fingerprint density at radius 3 is 1.37 bits per heavy atom. The van der Waals surface area contributed by atoms with Crippen LogP contribution in [0.15, 0.2) is 46.0 Å². The molecule has 7 heteroatoms. The van der Waals surface area contributed by atoms with Crippen LogP contribution >= 0.6 is 0 Å². The van der Waals surface area contributed by atoms with E-state index in [-0.39, 0.29) is 21.9 Å². The van der Waals surface area contributed by atoms with Gasteiger partial charge in [-0.1, -0.05) is 38.5 Å². The summed E-state index contributed by atoms with van der Waals surface area (Å²) < 4.78 is 0. The molecule has 7 nitrogen and oxygen atoms in total. The van der Waals surface area contributed by atoms with Crippen LogP contribution in [-0.2, 0) is 0 Å². The molecule has 2 fully saturated rings. The molecule has 3 aromatic rings.